The molecule has 0 atom stereocenters. The lowest BCUT2D eigenvalue weighted by atomic mass is 9.76. The number of anilines is 1. The number of hydrogen-bond acceptors (Lipinski definition) is 5. The Morgan fingerprint density at radius 3 is 2.47 bits per heavy atom. The maximum Gasteiger partial charge on any atom is 0.337 e. The molecule has 2 aromatic carbocycles. The molecule has 1 aliphatic rings. The van der Waals surface area contributed by atoms with Gasteiger partial charge >= 0.3 is 5.97 Å². The fourth-order valence-electron chi connectivity index (χ4n) is 4.37. The van der Waals surface area contributed by atoms with E-state index in [1.54, 1.807) is 6.07 Å². The van der Waals surface area contributed by atoms with Crippen molar-refractivity contribution < 1.29 is 22.7 Å². The molecule has 0 fully saturated rings. The second-order valence-electron chi connectivity index (χ2n) is 8.95. The number of benzene rings is 2. The SMILES string of the molecule is CCc1cc2c3c([nH]c2cc1S(=O)(=O)Nc1ccc(C(=O)OC)cc1)CC(C)(C)CC3=O. The first-order chi connectivity index (χ1) is 15.0. The van der Waals surface area contributed by atoms with Crippen molar-refractivity contribution in [2.45, 2.75) is 44.9 Å². The van der Waals surface area contributed by atoms with Crippen molar-refractivity contribution in [1.82, 2.24) is 4.98 Å². The molecule has 0 aliphatic heterocycles. The van der Waals surface area contributed by atoms with Crippen LogP contribution in [0.1, 0.15) is 59.2 Å². The lowest BCUT2D eigenvalue weighted by Crippen LogP contribution is -2.26. The highest BCUT2D eigenvalue weighted by molar-refractivity contribution is 7.92. The summed E-state index contributed by atoms with van der Waals surface area (Å²) in [5, 5.41) is 0.777. The lowest BCUT2D eigenvalue weighted by molar-refractivity contribution is 0.0600. The third kappa shape index (κ3) is 3.90. The molecule has 0 amide bonds. The monoisotopic (exact) mass is 454 g/mol. The molecule has 168 valence electrons. The largest absolute Gasteiger partial charge is 0.465 e. The third-order valence-corrected chi connectivity index (χ3v) is 7.32. The lowest BCUT2D eigenvalue weighted by Gasteiger charge is -2.28. The van der Waals surface area contributed by atoms with E-state index in [-0.39, 0.29) is 16.1 Å². The normalized spacial score (nSPS) is 15.4. The van der Waals surface area contributed by atoms with Crippen LogP contribution in [-0.2, 0) is 27.6 Å². The van der Waals surface area contributed by atoms with Crippen LogP contribution >= 0.6 is 0 Å². The summed E-state index contributed by atoms with van der Waals surface area (Å²) in [6, 6.07) is 9.46. The summed E-state index contributed by atoms with van der Waals surface area (Å²) in [7, 11) is -2.61. The molecule has 0 unspecified atom stereocenters. The number of Topliss-reactive ketones (excluding diaryl/α,β-unsaturated/α-hetero) is 1. The summed E-state index contributed by atoms with van der Waals surface area (Å²) in [5.41, 5.74) is 3.35. The van der Waals surface area contributed by atoms with E-state index in [0.29, 0.717) is 40.7 Å². The number of aromatic nitrogens is 1. The fraction of sp³-hybridized carbons (Fsp3) is 0.333. The van der Waals surface area contributed by atoms with E-state index in [4.69, 9.17) is 0 Å². The van der Waals surface area contributed by atoms with Crippen LogP contribution in [-0.4, -0.2) is 32.3 Å². The number of carbonyl (C=O) groups excluding carboxylic acids is 2. The number of ketones is 1. The van der Waals surface area contributed by atoms with Crippen LogP contribution in [0.2, 0.25) is 0 Å². The van der Waals surface area contributed by atoms with E-state index in [2.05, 4.69) is 28.3 Å². The van der Waals surface area contributed by atoms with Gasteiger partial charge in [0.05, 0.1) is 17.6 Å². The zero-order chi connectivity index (χ0) is 23.3. The molecule has 0 radical (unpaired) electrons. The van der Waals surface area contributed by atoms with Gasteiger partial charge in [-0.15, -0.1) is 0 Å². The van der Waals surface area contributed by atoms with Crippen LogP contribution in [0.15, 0.2) is 41.3 Å². The van der Waals surface area contributed by atoms with Gasteiger partial charge < -0.3 is 9.72 Å². The molecule has 7 nitrogen and oxygen atoms in total. The number of nitrogens with one attached hydrogen (secondary N) is 2. The van der Waals surface area contributed by atoms with Crippen LogP contribution in [0.25, 0.3) is 10.9 Å². The number of esters is 1. The third-order valence-electron chi connectivity index (χ3n) is 5.86. The Balaban J connectivity index is 1.75. The number of rotatable bonds is 5. The number of sulfonamides is 1. The number of aryl methyl sites for hydroxylation is 1. The maximum absolute atomic E-state index is 13.2. The number of carbonyl (C=O) groups is 2. The summed E-state index contributed by atoms with van der Waals surface area (Å²) < 4.78 is 33.7. The van der Waals surface area contributed by atoms with Gasteiger partial charge in [-0.3, -0.25) is 9.52 Å². The molecular formula is C24H26N2O5S. The molecule has 0 saturated carbocycles. The van der Waals surface area contributed by atoms with E-state index in [1.807, 2.05) is 13.0 Å². The smallest absolute Gasteiger partial charge is 0.337 e. The van der Waals surface area contributed by atoms with Crippen LogP contribution in [0.3, 0.4) is 0 Å². The van der Waals surface area contributed by atoms with E-state index < -0.39 is 16.0 Å². The molecule has 1 aliphatic carbocycles. The molecule has 32 heavy (non-hydrogen) atoms. The van der Waals surface area contributed by atoms with Crippen LogP contribution in [0.5, 0.6) is 0 Å². The Morgan fingerprint density at radius 1 is 1.16 bits per heavy atom. The number of ether oxygens (including phenoxy) is 1. The van der Waals surface area contributed by atoms with Crippen LogP contribution in [0.4, 0.5) is 5.69 Å². The van der Waals surface area contributed by atoms with E-state index in [1.165, 1.54) is 31.4 Å². The standard InChI is InChI=1S/C24H26N2O5S/c1-5-14-10-17-18(25-19-12-24(2,3)13-20(27)22(17)19)11-21(14)32(29,30)26-16-8-6-15(7-9-16)23(28)31-4/h6-11,25-26H,5,12-13H2,1-4H3. The van der Waals surface area contributed by atoms with Gasteiger partial charge in [-0.1, -0.05) is 20.8 Å². The van der Waals surface area contributed by atoms with Crippen LogP contribution < -0.4 is 4.72 Å². The minimum atomic E-state index is -3.90. The van der Waals surface area contributed by atoms with Crippen molar-refractivity contribution in [3.8, 4) is 0 Å². The van der Waals surface area contributed by atoms with Gasteiger partial charge in [0.15, 0.2) is 5.78 Å². The second-order valence-corrected chi connectivity index (χ2v) is 10.6. The van der Waals surface area contributed by atoms with Gasteiger partial charge in [0.25, 0.3) is 10.0 Å². The minimum Gasteiger partial charge on any atom is -0.465 e. The zero-order valence-corrected chi connectivity index (χ0v) is 19.4. The molecule has 4 rings (SSSR count). The van der Waals surface area contributed by atoms with Gasteiger partial charge in [-0.2, -0.15) is 0 Å². The van der Waals surface area contributed by atoms with Gasteiger partial charge in [0.1, 0.15) is 0 Å². The highest BCUT2D eigenvalue weighted by Crippen LogP contribution is 2.39. The van der Waals surface area contributed by atoms with E-state index >= 15 is 0 Å². The fourth-order valence-corrected chi connectivity index (χ4v) is 5.74. The van der Waals surface area contributed by atoms with Crippen LogP contribution in [0, 0.1) is 5.41 Å². The molecule has 3 aromatic rings. The molecule has 0 saturated heterocycles. The predicted octanol–water partition coefficient (Wildman–Crippen LogP) is 4.47. The number of H-pyrrole nitrogens is 1. The van der Waals surface area contributed by atoms with Gasteiger partial charge in [0, 0.05) is 34.3 Å². The topological polar surface area (TPSA) is 105 Å². The number of fused-ring (bicyclic) bond motifs is 3. The van der Waals surface area contributed by atoms with Crippen molar-refractivity contribution in [3.05, 3.63) is 58.8 Å². The first-order valence-electron chi connectivity index (χ1n) is 10.5. The van der Waals surface area contributed by atoms with Crippen molar-refractivity contribution in [3.63, 3.8) is 0 Å². The number of methoxy groups -OCH3 is 1. The van der Waals surface area contributed by atoms with Gasteiger partial charge in [-0.05, 0) is 60.2 Å². The van der Waals surface area contributed by atoms with Gasteiger partial charge in [-0.25, -0.2) is 13.2 Å². The Morgan fingerprint density at radius 2 is 1.84 bits per heavy atom. The highest BCUT2D eigenvalue weighted by Gasteiger charge is 2.34. The quantitative estimate of drug-likeness (QED) is 0.553. The molecule has 8 heteroatoms. The Labute approximate surface area is 187 Å². The van der Waals surface area contributed by atoms with Gasteiger partial charge in [0.2, 0.25) is 0 Å². The molecule has 0 spiro atoms. The highest BCUT2D eigenvalue weighted by atomic mass is 32.2. The first-order valence-corrected chi connectivity index (χ1v) is 11.9. The zero-order valence-electron chi connectivity index (χ0n) is 18.5. The summed E-state index contributed by atoms with van der Waals surface area (Å²) >= 11 is 0. The average Bonchev–Trinajstić information content (AvgIpc) is 3.08. The predicted molar refractivity (Wildman–Crippen MR) is 123 cm³/mol. The summed E-state index contributed by atoms with van der Waals surface area (Å²) in [5.74, 6) is -0.407. The van der Waals surface area contributed by atoms with E-state index in [0.717, 1.165) is 17.5 Å². The maximum atomic E-state index is 13.2. The Bertz CT molecular complexity index is 1330. The minimum absolute atomic E-state index is 0.0870. The van der Waals surface area contributed by atoms with Crippen molar-refractivity contribution >= 4 is 38.4 Å². The second kappa shape index (κ2) is 7.78. The Kier molecular flexibility index (Phi) is 5.36. The molecule has 1 aromatic heterocycles. The van der Waals surface area contributed by atoms with Crippen molar-refractivity contribution in [1.29, 1.82) is 0 Å². The molecule has 2 N–H and O–H groups in total. The number of aromatic amines is 1. The molecule has 0 bridgehead atoms. The summed E-state index contributed by atoms with van der Waals surface area (Å²) in [4.78, 5) is 27.9. The average molecular weight is 455 g/mol. The van der Waals surface area contributed by atoms with Crippen molar-refractivity contribution in [2.75, 3.05) is 11.8 Å². The molecule has 1 heterocycles. The molecular weight excluding hydrogens is 428 g/mol. The summed E-state index contributed by atoms with van der Waals surface area (Å²) in [6.07, 6.45) is 1.70. The van der Waals surface area contributed by atoms with E-state index in [9.17, 15) is 18.0 Å². The Hall–Kier alpha value is -3.13. The van der Waals surface area contributed by atoms with Crippen molar-refractivity contribution in [2.24, 2.45) is 5.41 Å². The first kappa shape index (κ1) is 22.1. The number of hydrogen-bond donors (Lipinski definition) is 2. The summed E-state index contributed by atoms with van der Waals surface area (Å²) in [6.45, 7) is 6.00.